The molecular formula is C13H15N3O3. The van der Waals surface area contributed by atoms with Crippen molar-refractivity contribution in [1.82, 2.24) is 10.3 Å². The summed E-state index contributed by atoms with van der Waals surface area (Å²) in [6.07, 6.45) is 4.68. The third-order valence-corrected chi connectivity index (χ3v) is 2.83. The second-order valence-electron chi connectivity index (χ2n) is 4.17. The van der Waals surface area contributed by atoms with Gasteiger partial charge < -0.3 is 15.3 Å². The zero-order valence-corrected chi connectivity index (χ0v) is 10.4. The Balaban J connectivity index is 2.23. The summed E-state index contributed by atoms with van der Waals surface area (Å²) < 4.78 is 0. The van der Waals surface area contributed by atoms with E-state index in [-0.39, 0.29) is 5.91 Å². The van der Waals surface area contributed by atoms with Crippen LogP contribution in [0.25, 0.3) is 6.08 Å². The lowest BCUT2D eigenvalue weighted by atomic mass is 10.2. The van der Waals surface area contributed by atoms with Gasteiger partial charge in [-0.2, -0.15) is 0 Å². The molecule has 2 N–H and O–H groups in total. The predicted octanol–water partition coefficient (Wildman–Crippen LogP) is 0.506. The maximum Gasteiger partial charge on any atom is 0.328 e. The monoisotopic (exact) mass is 261 g/mol. The number of aromatic nitrogens is 1. The van der Waals surface area contributed by atoms with Crippen molar-refractivity contribution in [2.75, 3.05) is 24.5 Å². The first kappa shape index (κ1) is 13.1. The molecule has 100 valence electrons. The fraction of sp³-hybridized carbons (Fsp3) is 0.308. The summed E-state index contributed by atoms with van der Waals surface area (Å²) in [5.74, 6) is -0.264. The Morgan fingerprint density at radius 2 is 2.32 bits per heavy atom. The zero-order chi connectivity index (χ0) is 13.7. The van der Waals surface area contributed by atoms with Crippen LogP contribution in [-0.4, -0.2) is 41.6 Å². The number of carboxylic acids is 1. The second kappa shape index (κ2) is 5.99. The van der Waals surface area contributed by atoms with Gasteiger partial charge >= 0.3 is 5.97 Å². The number of amides is 1. The molecule has 19 heavy (non-hydrogen) atoms. The molecule has 0 bridgehead atoms. The van der Waals surface area contributed by atoms with E-state index in [0.29, 0.717) is 31.9 Å². The van der Waals surface area contributed by atoms with Crippen LogP contribution in [0.15, 0.2) is 24.4 Å². The van der Waals surface area contributed by atoms with Gasteiger partial charge in [0.1, 0.15) is 5.82 Å². The number of nitrogens with one attached hydrogen (secondary N) is 1. The predicted molar refractivity (Wildman–Crippen MR) is 70.7 cm³/mol. The molecule has 2 heterocycles. The average molecular weight is 261 g/mol. The van der Waals surface area contributed by atoms with Crippen molar-refractivity contribution in [3.8, 4) is 0 Å². The quantitative estimate of drug-likeness (QED) is 0.774. The molecule has 0 unspecified atom stereocenters. The van der Waals surface area contributed by atoms with Crippen molar-refractivity contribution in [2.45, 2.75) is 6.42 Å². The average Bonchev–Trinajstić information content (AvgIpc) is 2.61. The van der Waals surface area contributed by atoms with Crippen LogP contribution in [0, 0.1) is 0 Å². The van der Waals surface area contributed by atoms with Gasteiger partial charge in [0.2, 0.25) is 5.91 Å². The van der Waals surface area contributed by atoms with Gasteiger partial charge in [0, 0.05) is 43.9 Å². The molecule has 1 aromatic rings. The third kappa shape index (κ3) is 3.54. The van der Waals surface area contributed by atoms with E-state index >= 15 is 0 Å². The third-order valence-electron chi connectivity index (χ3n) is 2.83. The fourth-order valence-electron chi connectivity index (χ4n) is 1.94. The van der Waals surface area contributed by atoms with Crippen LogP contribution in [0.3, 0.4) is 0 Å². The molecule has 1 fully saturated rings. The van der Waals surface area contributed by atoms with Crippen LogP contribution in [0.5, 0.6) is 0 Å². The lowest BCUT2D eigenvalue weighted by Crippen LogP contribution is -2.29. The first-order chi connectivity index (χ1) is 9.16. The van der Waals surface area contributed by atoms with Crippen molar-refractivity contribution in [3.63, 3.8) is 0 Å². The van der Waals surface area contributed by atoms with Gasteiger partial charge in [0.25, 0.3) is 0 Å². The Bertz CT molecular complexity index is 514. The second-order valence-corrected chi connectivity index (χ2v) is 4.17. The molecule has 0 spiro atoms. The van der Waals surface area contributed by atoms with E-state index in [9.17, 15) is 9.59 Å². The van der Waals surface area contributed by atoms with Gasteiger partial charge in [0.05, 0.1) is 0 Å². The van der Waals surface area contributed by atoms with Crippen molar-refractivity contribution in [2.24, 2.45) is 0 Å². The fourth-order valence-corrected chi connectivity index (χ4v) is 1.94. The van der Waals surface area contributed by atoms with E-state index in [1.807, 2.05) is 11.0 Å². The summed E-state index contributed by atoms with van der Waals surface area (Å²) in [6, 6.07) is 3.56. The number of rotatable bonds is 3. The molecule has 1 aliphatic rings. The highest BCUT2D eigenvalue weighted by Gasteiger charge is 2.16. The first-order valence-electron chi connectivity index (χ1n) is 6.04. The SMILES string of the molecule is O=C(O)/C=C/c1cccnc1N1CCNC(=O)CC1. The molecule has 0 atom stereocenters. The number of carbonyl (C=O) groups is 2. The Kier molecular flexibility index (Phi) is 4.12. The van der Waals surface area contributed by atoms with Crippen molar-refractivity contribution in [3.05, 3.63) is 30.0 Å². The van der Waals surface area contributed by atoms with Gasteiger partial charge in [0.15, 0.2) is 0 Å². The summed E-state index contributed by atoms with van der Waals surface area (Å²) >= 11 is 0. The van der Waals surface area contributed by atoms with E-state index in [0.717, 1.165) is 11.6 Å². The number of carbonyl (C=O) groups excluding carboxylic acids is 1. The van der Waals surface area contributed by atoms with Crippen LogP contribution in [0.1, 0.15) is 12.0 Å². The van der Waals surface area contributed by atoms with Crippen molar-refractivity contribution in [1.29, 1.82) is 0 Å². The highest BCUT2D eigenvalue weighted by atomic mass is 16.4. The van der Waals surface area contributed by atoms with Crippen molar-refractivity contribution >= 4 is 23.8 Å². The Morgan fingerprint density at radius 1 is 1.47 bits per heavy atom. The molecule has 0 saturated carbocycles. The molecule has 1 aliphatic heterocycles. The van der Waals surface area contributed by atoms with E-state index < -0.39 is 5.97 Å². The summed E-state index contributed by atoms with van der Waals surface area (Å²) in [5.41, 5.74) is 0.735. The number of hydrogen-bond acceptors (Lipinski definition) is 4. The largest absolute Gasteiger partial charge is 0.478 e. The van der Waals surface area contributed by atoms with E-state index in [2.05, 4.69) is 10.3 Å². The molecule has 0 aliphatic carbocycles. The summed E-state index contributed by atoms with van der Waals surface area (Å²) in [6.45, 7) is 1.81. The molecule has 2 rings (SSSR count). The Morgan fingerprint density at radius 3 is 3.11 bits per heavy atom. The number of hydrogen-bond donors (Lipinski definition) is 2. The minimum absolute atomic E-state index is 0.0288. The maximum absolute atomic E-state index is 11.3. The molecular weight excluding hydrogens is 246 g/mol. The van der Waals surface area contributed by atoms with Crippen molar-refractivity contribution < 1.29 is 14.7 Å². The summed E-state index contributed by atoms with van der Waals surface area (Å²) in [7, 11) is 0. The van der Waals surface area contributed by atoms with Crippen LogP contribution in [0.4, 0.5) is 5.82 Å². The van der Waals surface area contributed by atoms with Gasteiger partial charge in [-0.3, -0.25) is 4.79 Å². The van der Waals surface area contributed by atoms with Gasteiger partial charge in [-0.1, -0.05) is 0 Å². The zero-order valence-electron chi connectivity index (χ0n) is 10.4. The number of pyridine rings is 1. The van der Waals surface area contributed by atoms with E-state index in [1.54, 1.807) is 12.3 Å². The maximum atomic E-state index is 11.3. The van der Waals surface area contributed by atoms with Crippen LogP contribution >= 0.6 is 0 Å². The summed E-state index contributed by atoms with van der Waals surface area (Å²) in [5, 5.41) is 11.5. The molecule has 6 nitrogen and oxygen atoms in total. The highest BCUT2D eigenvalue weighted by molar-refractivity contribution is 5.86. The van der Waals surface area contributed by atoms with Gasteiger partial charge in [-0.15, -0.1) is 0 Å². The lowest BCUT2D eigenvalue weighted by molar-refractivity contribution is -0.131. The van der Waals surface area contributed by atoms with Gasteiger partial charge in [-0.05, 0) is 18.2 Å². The Hall–Kier alpha value is -2.37. The van der Waals surface area contributed by atoms with Crippen LogP contribution < -0.4 is 10.2 Å². The molecule has 6 heteroatoms. The molecule has 0 aromatic carbocycles. The lowest BCUT2D eigenvalue weighted by Gasteiger charge is -2.22. The number of nitrogens with zero attached hydrogens (tertiary/aromatic N) is 2. The molecule has 0 radical (unpaired) electrons. The first-order valence-corrected chi connectivity index (χ1v) is 6.04. The smallest absolute Gasteiger partial charge is 0.328 e. The number of anilines is 1. The molecule has 1 saturated heterocycles. The number of carboxylic acid groups (broad SMARTS) is 1. The minimum Gasteiger partial charge on any atom is -0.478 e. The minimum atomic E-state index is -0.998. The number of aliphatic carboxylic acids is 1. The Labute approximate surface area is 110 Å². The topological polar surface area (TPSA) is 82.5 Å². The standard InChI is InChI=1S/C13H15N3O3/c17-11-5-8-16(9-7-14-11)13-10(2-1-6-15-13)3-4-12(18)19/h1-4,6H,5,7-9H2,(H,14,17)(H,18,19)/b4-3+. The van der Waals surface area contributed by atoms with Crippen LogP contribution in [-0.2, 0) is 9.59 Å². The normalized spacial score (nSPS) is 16.2. The van der Waals surface area contributed by atoms with E-state index in [4.69, 9.17) is 5.11 Å². The van der Waals surface area contributed by atoms with Gasteiger partial charge in [-0.25, -0.2) is 9.78 Å². The summed E-state index contributed by atoms with van der Waals surface area (Å²) in [4.78, 5) is 28.2. The van der Waals surface area contributed by atoms with E-state index in [1.165, 1.54) is 6.08 Å². The molecule has 1 amide bonds. The highest BCUT2D eigenvalue weighted by Crippen LogP contribution is 2.19. The molecule has 1 aromatic heterocycles. The van der Waals surface area contributed by atoms with Crippen LogP contribution in [0.2, 0.25) is 0 Å².